The lowest BCUT2D eigenvalue weighted by Crippen LogP contribution is -2.51. The van der Waals surface area contributed by atoms with Gasteiger partial charge in [-0.15, -0.1) is 0 Å². The highest BCUT2D eigenvalue weighted by Gasteiger charge is 2.22. The zero-order valence-electron chi connectivity index (χ0n) is 12.1. The van der Waals surface area contributed by atoms with Crippen LogP contribution in [0.2, 0.25) is 0 Å². The first-order valence-corrected chi connectivity index (χ1v) is 7.86. The molecule has 0 spiro atoms. The normalized spacial score (nSPS) is 22.6. The van der Waals surface area contributed by atoms with Crippen molar-refractivity contribution in [1.29, 1.82) is 0 Å². The topological polar surface area (TPSA) is 32.5 Å². The van der Waals surface area contributed by atoms with Crippen molar-refractivity contribution in [3.63, 3.8) is 0 Å². The predicted octanol–water partition coefficient (Wildman–Crippen LogP) is 3.00. The van der Waals surface area contributed by atoms with Gasteiger partial charge in [-0.05, 0) is 38.1 Å². The van der Waals surface area contributed by atoms with Gasteiger partial charge in [-0.2, -0.15) is 0 Å². The zero-order chi connectivity index (χ0) is 14.0. The van der Waals surface area contributed by atoms with Crippen LogP contribution in [0.1, 0.15) is 32.4 Å². The fourth-order valence-corrected chi connectivity index (χ4v) is 3.51. The number of piperazine rings is 1. The van der Waals surface area contributed by atoms with Crippen LogP contribution in [-0.4, -0.2) is 37.1 Å². The van der Waals surface area contributed by atoms with Gasteiger partial charge in [-0.25, -0.2) is 0 Å². The number of anilines is 1. The van der Waals surface area contributed by atoms with E-state index in [2.05, 4.69) is 57.8 Å². The Kier molecular flexibility index (Phi) is 4.87. The number of halogens is 1. The molecule has 0 aliphatic carbocycles. The molecule has 19 heavy (non-hydrogen) atoms. The number of nitrogens with zero attached hydrogens (tertiary/aromatic N) is 2. The average molecular weight is 326 g/mol. The highest BCUT2D eigenvalue weighted by Crippen LogP contribution is 2.28. The Hall–Kier alpha value is -0.580. The van der Waals surface area contributed by atoms with Gasteiger partial charge in [0.25, 0.3) is 0 Å². The molecule has 1 aromatic rings. The van der Waals surface area contributed by atoms with E-state index in [4.69, 9.17) is 5.73 Å². The molecule has 3 nitrogen and oxygen atoms in total. The maximum absolute atomic E-state index is 5.95. The van der Waals surface area contributed by atoms with Crippen LogP contribution in [0.15, 0.2) is 22.7 Å². The van der Waals surface area contributed by atoms with Crippen LogP contribution in [0.4, 0.5) is 5.69 Å². The highest BCUT2D eigenvalue weighted by molar-refractivity contribution is 9.10. The fraction of sp³-hybridized carbons (Fsp3) is 0.600. The summed E-state index contributed by atoms with van der Waals surface area (Å²) in [6.07, 6.45) is 0. The molecule has 0 radical (unpaired) electrons. The lowest BCUT2D eigenvalue weighted by molar-refractivity contribution is 0.199. The smallest absolute Gasteiger partial charge is 0.0378 e. The Balaban J connectivity index is 2.13. The fourth-order valence-electron chi connectivity index (χ4n) is 2.78. The summed E-state index contributed by atoms with van der Waals surface area (Å²) in [5, 5.41) is 0. The second-order valence-electron chi connectivity index (χ2n) is 5.42. The molecule has 1 aliphatic rings. The van der Waals surface area contributed by atoms with Gasteiger partial charge in [0.2, 0.25) is 0 Å². The summed E-state index contributed by atoms with van der Waals surface area (Å²) >= 11 is 3.64. The van der Waals surface area contributed by atoms with Gasteiger partial charge in [0.1, 0.15) is 0 Å². The van der Waals surface area contributed by atoms with E-state index in [0.29, 0.717) is 6.04 Å². The summed E-state index contributed by atoms with van der Waals surface area (Å²) in [5.74, 6) is 0. The molecule has 0 amide bonds. The standard InChI is InChI=1S/C15H24BrN3/c1-4-18-7-8-19(10-11(18)2)13-5-6-14(12(3)17)15(16)9-13/h5-6,9,11-12H,4,7-8,10,17H2,1-3H3/t11?,12-/m0/s1. The molecule has 1 saturated heterocycles. The second kappa shape index (κ2) is 6.25. The molecule has 106 valence electrons. The van der Waals surface area contributed by atoms with Crippen molar-refractivity contribution in [1.82, 2.24) is 4.90 Å². The lowest BCUT2D eigenvalue weighted by Gasteiger charge is -2.40. The van der Waals surface area contributed by atoms with Crippen LogP contribution in [-0.2, 0) is 0 Å². The zero-order valence-corrected chi connectivity index (χ0v) is 13.7. The molecule has 1 aliphatic heterocycles. The van der Waals surface area contributed by atoms with Crippen molar-refractivity contribution in [3.05, 3.63) is 28.2 Å². The van der Waals surface area contributed by atoms with Gasteiger partial charge >= 0.3 is 0 Å². The first-order valence-electron chi connectivity index (χ1n) is 7.07. The van der Waals surface area contributed by atoms with Crippen LogP contribution in [0.3, 0.4) is 0 Å². The summed E-state index contributed by atoms with van der Waals surface area (Å²) < 4.78 is 1.12. The van der Waals surface area contributed by atoms with Crippen molar-refractivity contribution in [2.45, 2.75) is 32.9 Å². The Morgan fingerprint density at radius 3 is 2.68 bits per heavy atom. The Labute approximate surface area is 124 Å². The molecular formula is C15H24BrN3. The maximum atomic E-state index is 5.95. The van der Waals surface area contributed by atoms with Gasteiger partial charge in [0, 0.05) is 41.9 Å². The third kappa shape index (κ3) is 3.30. The van der Waals surface area contributed by atoms with Crippen molar-refractivity contribution in [2.24, 2.45) is 5.73 Å². The van der Waals surface area contributed by atoms with E-state index in [-0.39, 0.29) is 6.04 Å². The molecule has 4 heteroatoms. The van der Waals surface area contributed by atoms with Crippen LogP contribution < -0.4 is 10.6 Å². The largest absolute Gasteiger partial charge is 0.369 e. The van der Waals surface area contributed by atoms with Crippen molar-refractivity contribution in [3.8, 4) is 0 Å². The average Bonchev–Trinajstić information content (AvgIpc) is 2.38. The molecule has 1 heterocycles. The maximum Gasteiger partial charge on any atom is 0.0378 e. The molecule has 0 bridgehead atoms. The summed E-state index contributed by atoms with van der Waals surface area (Å²) in [4.78, 5) is 4.99. The Morgan fingerprint density at radius 2 is 2.16 bits per heavy atom. The van der Waals surface area contributed by atoms with E-state index in [1.54, 1.807) is 0 Å². The number of hydrogen-bond donors (Lipinski definition) is 1. The number of rotatable bonds is 3. The predicted molar refractivity (Wildman–Crippen MR) is 85.7 cm³/mol. The van der Waals surface area contributed by atoms with Crippen LogP contribution in [0.25, 0.3) is 0 Å². The van der Waals surface area contributed by atoms with Gasteiger partial charge in [0.15, 0.2) is 0 Å². The summed E-state index contributed by atoms with van der Waals surface area (Å²) in [5.41, 5.74) is 8.41. The monoisotopic (exact) mass is 325 g/mol. The van der Waals surface area contributed by atoms with Crippen LogP contribution >= 0.6 is 15.9 Å². The van der Waals surface area contributed by atoms with E-state index >= 15 is 0 Å². The molecular weight excluding hydrogens is 302 g/mol. The summed E-state index contributed by atoms with van der Waals surface area (Å²) in [6.45, 7) is 11.0. The summed E-state index contributed by atoms with van der Waals surface area (Å²) in [6, 6.07) is 7.22. The van der Waals surface area contributed by atoms with E-state index in [1.165, 1.54) is 11.3 Å². The Morgan fingerprint density at radius 1 is 1.42 bits per heavy atom. The second-order valence-corrected chi connectivity index (χ2v) is 6.27. The molecule has 1 aromatic carbocycles. The summed E-state index contributed by atoms with van der Waals surface area (Å²) in [7, 11) is 0. The first-order chi connectivity index (χ1) is 9.02. The highest BCUT2D eigenvalue weighted by atomic mass is 79.9. The first kappa shape index (κ1) is 14.8. The molecule has 2 atom stereocenters. The van der Waals surface area contributed by atoms with Crippen LogP contribution in [0, 0.1) is 0 Å². The number of likely N-dealkylation sites (N-methyl/N-ethyl adjacent to an activating group) is 1. The third-order valence-corrected chi connectivity index (χ3v) is 4.70. The SMILES string of the molecule is CCN1CCN(c2ccc([C@H](C)N)c(Br)c2)CC1C. The van der Waals surface area contributed by atoms with E-state index in [9.17, 15) is 0 Å². The molecule has 1 unspecified atom stereocenters. The number of benzene rings is 1. The minimum absolute atomic E-state index is 0.0688. The van der Waals surface area contributed by atoms with Crippen LogP contribution in [0.5, 0.6) is 0 Å². The molecule has 0 aromatic heterocycles. The minimum Gasteiger partial charge on any atom is -0.369 e. The quantitative estimate of drug-likeness (QED) is 0.927. The molecule has 1 fully saturated rings. The third-order valence-electron chi connectivity index (χ3n) is 4.01. The van der Waals surface area contributed by atoms with Crippen molar-refractivity contribution >= 4 is 21.6 Å². The number of hydrogen-bond acceptors (Lipinski definition) is 3. The molecule has 2 rings (SSSR count). The molecule has 2 N–H and O–H groups in total. The van der Waals surface area contributed by atoms with Gasteiger partial charge in [0.05, 0.1) is 0 Å². The van der Waals surface area contributed by atoms with E-state index < -0.39 is 0 Å². The minimum atomic E-state index is 0.0688. The van der Waals surface area contributed by atoms with Crippen molar-refractivity contribution in [2.75, 3.05) is 31.1 Å². The van der Waals surface area contributed by atoms with Crippen molar-refractivity contribution < 1.29 is 0 Å². The molecule has 0 saturated carbocycles. The van der Waals surface area contributed by atoms with Gasteiger partial charge in [-0.1, -0.05) is 28.9 Å². The van der Waals surface area contributed by atoms with E-state index in [1.807, 2.05) is 6.92 Å². The Bertz CT molecular complexity index is 433. The van der Waals surface area contributed by atoms with E-state index in [0.717, 1.165) is 30.7 Å². The van der Waals surface area contributed by atoms with Gasteiger partial charge in [-0.3, -0.25) is 4.90 Å². The number of nitrogens with two attached hydrogens (primary N) is 1. The lowest BCUT2D eigenvalue weighted by atomic mass is 10.1. The van der Waals surface area contributed by atoms with Gasteiger partial charge < -0.3 is 10.6 Å².